The first-order valence-electron chi connectivity index (χ1n) is 4.85. The van der Waals surface area contributed by atoms with E-state index in [2.05, 4.69) is 5.73 Å². The number of alkyl halides is 8. The van der Waals surface area contributed by atoms with Crippen molar-refractivity contribution in [3.63, 3.8) is 0 Å². The monoisotopic (exact) mass is 311 g/mol. The molecule has 0 spiro atoms. The largest absolute Gasteiger partial charge is 0.455 e. The summed E-state index contributed by atoms with van der Waals surface area (Å²) in [6.07, 6.45) is -11.4. The lowest BCUT2D eigenvalue weighted by molar-refractivity contribution is -0.291. The summed E-state index contributed by atoms with van der Waals surface area (Å²) in [6, 6.07) is -3.13. The first kappa shape index (κ1) is 16.6. The zero-order chi connectivity index (χ0) is 15.9. The Balaban J connectivity index is 3.43. The number of rotatable bonds is 2. The average Bonchev–Trinajstić information content (AvgIpc) is 2.24. The second kappa shape index (κ2) is 4.83. The van der Waals surface area contributed by atoms with Crippen LogP contribution in [0.1, 0.15) is 17.2 Å². The third-order valence-corrected chi connectivity index (χ3v) is 2.42. The van der Waals surface area contributed by atoms with Gasteiger partial charge in [0.05, 0.1) is 5.56 Å². The van der Waals surface area contributed by atoms with Gasteiger partial charge < -0.3 is 5.73 Å². The molecule has 0 radical (unpaired) electrons. The summed E-state index contributed by atoms with van der Waals surface area (Å²) in [4.78, 5) is 0. The van der Waals surface area contributed by atoms with Gasteiger partial charge in [-0.2, -0.15) is 35.1 Å². The number of hydrogen-bond donors (Lipinski definition) is 1. The van der Waals surface area contributed by atoms with Gasteiger partial charge in [0, 0.05) is 0 Å². The van der Waals surface area contributed by atoms with E-state index in [0.717, 1.165) is 0 Å². The molecular formula is C10H6F9N. The molecule has 1 rings (SSSR count). The van der Waals surface area contributed by atoms with Crippen LogP contribution in [0, 0.1) is 5.82 Å². The van der Waals surface area contributed by atoms with Crippen molar-refractivity contribution < 1.29 is 39.5 Å². The lowest BCUT2D eigenvalue weighted by Gasteiger charge is -2.27. The van der Waals surface area contributed by atoms with Crippen LogP contribution < -0.4 is 5.73 Å². The molecule has 1 aromatic rings. The Labute approximate surface area is 106 Å². The van der Waals surface area contributed by atoms with Gasteiger partial charge in [0.15, 0.2) is 0 Å². The Morgan fingerprint density at radius 1 is 0.900 bits per heavy atom. The first-order valence-corrected chi connectivity index (χ1v) is 4.85. The Kier molecular flexibility index (Phi) is 4.01. The van der Waals surface area contributed by atoms with E-state index >= 15 is 0 Å². The Bertz CT molecular complexity index is 488. The van der Waals surface area contributed by atoms with Gasteiger partial charge in [-0.3, -0.25) is 0 Å². The number of halogens is 9. The maximum Gasteiger partial charge on any atom is 0.455 e. The van der Waals surface area contributed by atoms with Gasteiger partial charge in [-0.25, -0.2) is 4.39 Å². The average molecular weight is 311 g/mol. The molecule has 0 amide bonds. The van der Waals surface area contributed by atoms with E-state index in [0.29, 0.717) is 0 Å². The molecule has 1 aromatic carbocycles. The van der Waals surface area contributed by atoms with E-state index in [9.17, 15) is 39.5 Å². The van der Waals surface area contributed by atoms with E-state index < -0.39 is 41.3 Å². The highest BCUT2D eigenvalue weighted by Crippen LogP contribution is 2.46. The fourth-order valence-electron chi connectivity index (χ4n) is 1.42. The van der Waals surface area contributed by atoms with E-state index in [1.165, 1.54) is 0 Å². The molecule has 0 saturated heterocycles. The number of benzene rings is 1. The minimum atomic E-state index is -6.17. The van der Waals surface area contributed by atoms with Crippen molar-refractivity contribution in [2.24, 2.45) is 5.73 Å². The van der Waals surface area contributed by atoms with Crippen LogP contribution >= 0.6 is 0 Å². The van der Waals surface area contributed by atoms with Crippen molar-refractivity contribution in [2.75, 3.05) is 0 Å². The van der Waals surface area contributed by atoms with Gasteiger partial charge >= 0.3 is 18.3 Å². The Morgan fingerprint density at radius 2 is 1.40 bits per heavy atom. The summed E-state index contributed by atoms with van der Waals surface area (Å²) in [5.41, 5.74) is 1.07. The van der Waals surface area contributed by atoms with Crippen molar-refractivity contribution in [1.29, 1.82) is 0 Å². The predicted octanol–water partition coefficient (Wildman–Crippen LogP) is 4.04. The molecule has 0 aliphatic heterocycles. The third-order valence-electron chi connectivity index (χ3n) is 2.42. The van der Waals surface area contributed by atoms with E-state index in [1.54, 1.807) is 0 Å². The predicted molar refractivity (Wildman–Crippen MR) is 49.3 cm³/mol. The normalized spacial score (nSPS) is 15.3. The van der Waals surface area contributed by atoms with E-state index in [-0.39, 0.29) is 18.2 Å². The topological polar surface area (TPSA) is 26.0 Å². The number of nitrogens with two attached hydrogens (primary N) is 1. The molecule has 20 heavy (non-hydrogen) atoms. The van der Waals surface area contributed by atoms with Crippen molar-refractivity contribution in [3.05, 3.63) is 35.1 Å². The van der Waals surface area contributed by atoms with Gasteiger partial charge in [0.25, 0.3) is 0 Å². The van der Waals surface area contributed by atoms with Crippen LogP contribution in [0.25, 0.3) is 0 Å². The molecular weight excluding hydrogens is 305 g/mol. The third kappa shape index (κ3) is 3.00. The zero-order valence-corrected chi connectivity index (χ0v) is 9.29. The summed E-state index contributed by atoms with van der Waals surface area (Å²) in [5, 5.41) is 0. The quantitative estimate of drug-likeness (QED) is 0.820. The molecule has 0 unspecified atom stereocenters. The lowest BCUT2D eigenvalue weighted by atomic mass is 9.95. The van der Waals surface area contributed by atoms with Gasteiger partial charge in [-0.1, -0.05) is 0 Å². The van der Waals surface area contributed by atoms with Crippen LogP contribution in [0.3, 0.4) is 0 Å². The first-order chi connectivity index (χ1) is 8.78. The van der Waals surface area contributed by atoms with Gasteiger partial charge in [0.1, 0.15) is 11.9 Å². The molecule has 2 N–H and O–H groups in total. The van der Waals surface area contributed by atoms with Crippen LogP contribution in [0.15, 0.2) is 18.2 Å². The molecule has 0 fully saturated rings. The van der Waals surface area contributed by atoms with Gasteiger partial charge in [-0.05, 0) is 23.8 Å². The number of hydrogen-bond acceptors (Lipinski definition) is 1. The summed E-state index contributed by atoms with van der Waals surface area (Å²) in [5.74, 6) is -7.05. The van der Waals surface area contributed by atoms with Crippen molar-refractivity contribution in [2.45, 2.75) is 24.3 Å². The molecule has 0 saturated carbocycles. The van der Waals surface area contributed by atoms with Gasteiger partial charge in [0.2, 0.25) is 0 Å². The smallest absolute Gasteiger partial charge is 0.319 e. The van der Waals surface area contributed by atoms with Crippen molar-refractivity contribution in [1.82, 2.24) is 0 Å². The molecule has 0 aromatic heterocycles. The zero-order valence-electron chi connectivity index (χ0n) is 9.29. The maximum atomic E-state index is 13.0. The second-order valence-electron chi connectivity index (χ2n) is 3.83. The Hall–Kier alpha value is -1.45. The minimum Gasteiger partial charge on any atom is -0.319 e. The lowest BCUT2D eigenvalue weighted by Crippen LogP contribution is -2.46. The fraction of sp³-hybridized carbons (Fsp3) is 0.400. The summed E-state index contributed by atoms with van der Waals surface area (Å²) in [7, 11) is 0. The Morgan fingerprint density at radius 3 is 1.80 bits per heavy atom. The molecule has 0 bridgehead atoms. The van der Waals surface area contributed by atoms with Crippen molar-refractivity contribution in [3.8, 4) is 0 Å². The molecule has 1 atom stereocenters. The molecule has 0 aliphatic rings. The van der Waals surface area contributed by atoms with Crippen LogP contribution in [0.4, 0.5) is 39.5 Å². The van der Waals surface area contributed by atoms with Crippen molar-refractivity contribution >= 4 is 0 Å². The van der Waals surface area contributed by atoms with Gasteiger partial charge in [-0.15, -0.1) is 0 Å². The van der Waals surface area contributed by atoms with E-state index in [4.69, 9.17) is 0 Å². The highest BCUT2D eigenvalue weighted by Gasteiger charge is 2.62. The minimum absolute atomic E-state index is 0.0526. The fourth-order valence-corrected chi connectivity index (χ4v) is 1.42. The van der Waals surface area contributed by atoms with E-state index in [1.807, 2.05) is 0 Å². The second-order valence-corrected chi connectivity index (χ2v) is 3.83. The van der Waals surface area contributed by atoms with Crippen LogP contribution in [-0.2, 0) is 6.18 Å². The molecule has 0 heterocycles. The van der Waals surface area contributed by atoms with Crippen LogP contribution in [0.2, 0.25) is 0 Å². The highest BCUT2D eigenvalue weighted by molar-refractivity contribution is 5.34. The maximum absolute atomic E-state index is 13.0. The summed E-state index contributed by atoms with van der Waals surface area (Å²) < 4.78 is 113. The molecule has 0 aliphatic carbocycles. The summed E-state index contributed by atoms with van der Waals surface area (Å²) in [6.45, 7) is 0. The molecule has 1 nitrogen and oxygen atoms in total. The van der Waals surface area contributed by atoms with Crippen LogP contribution in [0.5, 0.6) is 0 Å². The molecule has 10 heteroatoms. The standard InChI is InChI=1S/C10H6F9N/c11-4-1-2-6(9(14,15)16)5(3-4)7(20)8(12,13)10(17,18)19/h1-3,7H,20H2/t7-/m1/s1. The SMILES string of the molecule is N[C@H](c1cc(F)ccc1C(F)(F)F)C(F)(F)C(F)(F)F. The summed E-state index contributed by atoms with van der Waals surface area (Å²) >= 11 is 0. The highest BCUT2D eigenvalue weighted by atomic mass is 19.4. The van der Waals surface area contributed by atoms with Crippen LogP contribution in [-0.4, -0.2) is 12.1 Å². The molecule has 114 valence electrons.